The molecule has 1 heterocycles. The van der Waals surface area contributed by atoms with Crippen LogP contribution in [0.4, 0.5) is 0 Å². The summed E-state index contributed by atoms with van der Waals surface area (Å²) in [7, 11) is 0. The molecule has 1 unspecified atom stereocenters. The second-order valence-corrected chi connectivity index (χ2v) is 5.76. The van der Waals surface area contributed by atoms with E-state index in [1.165, 1.54) is 11.8 Å². The molecule has 1 aliphatic carbocycles. The van der Waals surface area contributed by atoms with Crippen LogP contribution in [0, 0.1) is 0 Å². The first-order valence-corrected chi connectivity index (χ1v) is 6.84. The molecular weight excluding hydrogens is 238 g/mol. The third-order valence-corrected chi connectivity index (χ3v) is 4.22. The van der Waals surface area contributed by atoms with Crippen molar-refractivity contribution in [3.05, 3.63) is 10.5 Å². The van der Waals surface area contributed by atoms with E-state index in [1.807, 2.05) is 13.8 Å². The summed E-state index contributed by atoms with van der Waals surface area (Å²) in [6.45, 7) is 3.87. The van der Waals surface area contributed by atoms with E-state index in [2.05, 4.69) is 10.2 Å². The van der Waals surface area contributed by atoms with Crippen molar-refractivity contribution in [2.45, 2.75) is 56.0 Å². The molecule has 1 aromatic rings. The first-order valence-electron chi connectivity index (χ1n) is 5.96. The van der Waals surface area contributed by atoms with Gasteiger partial charge in [0, 0.05) is 12.5 Å². The minimum atomic E-state index is -0.203. The topological polar surface area (TPSA) is 67.8 Å². The summed E-state index contributed by atoms with van der Waals surface area (Å²) in [5.74, 6) is 0.284. The molecule has 1 fully saturated rings. The van der Waals surface area contributed by atoms with Crippen LogP contribution in [0.2, 0.25) is 0 Å². The van der Waals surface area contributed by atoms with Gasteiger partial charge in [0.05, 0.1) is 5.25 Å². The van der Waals surface area contributed by atoms with Crippen molar-refractivity contribution in [1.82, 2.24) is 14.8 Å². The van der Waals surface area contributed by atoms with Gasteiger partial charge in [0.1, 0.15) is 5.78 Å². The second-order valence-electron chi connectivity index (χ2n) is 4.59. The average Bonchev–Trinajstić information content (AvgIpc) is 2.63. The van der Waals surface area contributed by atoms with E-state index in [-0.39, 0.29) is 22.8 Å². The highest BCUT2D eigenvalue weighted by Gasteiger charge is 2.26. The number of hydrogen-bond acceptors (Lipinski definition) is 4. The summed E-state index contributed by atoms with van der Waals surface area (Å²) >= 11 is 1.42. The van der Waals surface area contributed by atoms with Gasteiger partial charge in [-0.2, -0.15) is 0 Å². The lowest BCUT2D eigenvalue weighted by Gasteiger charge is -2.19. The Kier molecular flexibility index (Phi) is 3.71. The molecule has 1 saturated carbocycles. The van der Waals surface area contributed by atoms with E-state index in [9.17, 15) is 9.59 Å². The summed E-state index contributed by atoms with van der Waals surface area (Å²) in [4.78, 5) is 23.3. The van der Waals surface area contributed by atoms with Crippen molar-refractivity contribution < 1.29 is 4.79 Å². The van der Waals surface area contributed by atoms with Gasteiger partial charge in [-0.05, 0) is 26.7 Å². The number of nitrogens with zero attached hydrogens (tertiary/aromatic N) is 2. The Morgan fingerprint density at radius 2 is 2.18 bits per heavy atom. The average molecular weight is 255 g/mol. The van der Waals surface area contributed by atoms with Crippen molar-refractivity contribution >= 4 is 17.5 Å². The van der Waals surface area contributed by atoms with Crippen LogP contribution in [0.15, 0.2) is 9.95 Å². The van der Waals surface area contributed by atoms with Crippen molar-refractivity contribution in [3.63, 3.8) is 0 Å². The minimum Gasteiger partial charge on any atom is -0.298 e. The van der Waals surface area contributed by atoms with Crippen LogP contribution in [0.3, 0.4) is 0 Å². The van der Waals surface area contributed by atoms with Crippen LogP contribution in [0.5, 0.6) is 0 Å². The highest BCUT2D eigenvalue weighted by atomic mass is 32.2. The quantitative estimate of drug-likeness (QED) is 0.893. The summed E-state index contributed by atoms with van der Waals surface area (Å²) in [5.41, 5.74) is -0.203. The van der Waals surface area contributed by atoms with Crippen LogP contribution in [0.25, 0.3) is 0 Å². The van der Waals surface area contributed by atoms with Crippen LogP contribution >= 0.6 is 11.8 Å². The molecule has 1 aromatic heterocycles. The number of thioether (sulfide) groups is 1. The number of Topliss-reactive ketones (excluding diaryl/α,β-unsaturated/α-hetero) is 1. The van der Waals surface area contributed by atoms with Gasteiger partial charge < -0.3 is 0 Å². The van der Waals surface area contributed by atoms with Crippen molar-refractivity contribution in [1.29, 1.82) is 0 Å². The SMILES string of the molecule is CC(C)n1c(SC2CCCCC2=O)n[nH]c1=O. The number of carbonyl (C=O) groups is 1. The maximum atomic E-state index is 11.7. The molecule has 2 rings (SSSR count). The molecule has 0 spiro atoms. The fraction of sp³-hybridized carbons (Fsp3) is 0.727. The van der Waals surface area contributed by atoms with Gasteiger partial charge in [-0.3, -0.25) is 9.36 Å². The van der Waals surface area contributed by atoms with Gasteiger partial charge >= 0.3 is 5.69 Å². The Bertz CT molecular complexity index is 464. The Morgan fingerprint density at radius 3 is 2.82 bits per heavy atom. The van der Waals surface area contributed by atoms with Crippen LogP contribution in [-0.4, -0.2) is 25.8 Å². The Hall–Kier alpha value is -1.04. The smallest absolute Gasteiger partial charge is 0.298 e. The lowest BCUT2D eigenvalue weighted by molar-refractivity contribution is -0.119. The molecule has 0 aliphatic heterocycles. The predicted molar refractivity (Wildman–Crippen MR) is 66.4 cm³/mol. The standard InChI is InChI=1S/C11H17N3O2S/c1-7(2)14-10(16)12-13-11(14)17-9-6-4-3-5-8(9)15/h7,9H,3-6H2,1-2H3,(H,12,16). The Morgan fingerprint density at radius 1 is 1.41 bits per heavy atom. The third kappa shape index (κ3) is 2.62. The zero-order chi connectivity index (χ0) is 12.4. The normalized spacial score (nSPS) is 21.1. The molecule has 5 nitrogen and oxygen atoms in total. The van der Waals surface area contributed by atoms with Gasteiger partial charge in [0.2, 0.25) is 0 Å². The van der Waals surface area contributed by atoms with Gasteiger partial charge in [-0.25, -0.2) is 9.89 Å². The monoisotopic (exact) mass is 255 g/mol. The summed E-state index contributed by atoms with van der Waals surface area (Å²) in [5, 5.41) is 7.05. The molecule has 0 saturated heterocycles. The third-order valence-electron chi connectivity index (χ3n) is 2.93. The number of H-pyrrole nitrogens is 1. The molecule has 0 radical (unpaired) electrons. The molecule has 6 heteroatoms. The number of carbonyl (C=O) groups excluding carboxylic acids is 1. The number of hydrogen-bond donors (Lipinski definition) is 1. The first kappa shape index (κ1) is 12.4. The molecular formula is C11H17N3O2S. The summed E-state index contributed by atoms with van der Waals surface area (Å²) in [6.07, 6.45) is 3.63. The van der Waals surface area contributed by atoms with E-state index in [1.54, 1.807) is 4.57 Å². The van der Waals surface area contributed by atoms with E-state index in [0.717, 1.165) is 19.3 Å². The Balaban J connectivity index is 2.18. The van der Waals surface area contributed by atoms with E-state index < -0.39 is 0 Å². The van der Waals surface area contributed by atoms with Gasteiger partial charge in [-0.1, -0.05) is 18.2 Å². The minimum absolute atomic E-state index is 0.0311. The van der Waals surface area contributed by atoms with Crippen molar-refractivity contribution in [3.8, 4) is 0 Å². The first-order chi connectivity index (χ1) is 8.09. The highest BCUT2D eigenvalue weighted by molar-refractivity contribution is 8.00. The molecule has 1 N–H and O–H groups in total. The zero-order valence-electron chi connectivity index (χ0n) is 10.1. The van der Waals surface area contributed by atoms with Crippen molar-refractivity contribution in [2.75, 3.05) is 0 Å². The largest absolute Gasteiger partial charge is 0.344 e. The van der Waals surface area contributed by atoms with Gasteiger partial charge in [0.25, 0.3) is 0 Å². The number of rotatable bonds is 3. The fourth-order valence-corrected chi connectivity index (χ4v) is 3.33. The Labute approximate surface area is 104 Å². The fourth-order valence-electron chi connectivity index (χ4n) is 2.03. The highest BCUT2D eigenvalue weighted by Crippen LogP contribution is 2.30. The number of aromatic nitrogens is 3. The molecule has 17 heavy (non-hydrogen) atoms. The van der Waals surface area contributed by atoms with Crippen molar-refractivity contribution in [2.24, 2.45) is 0 Å². The molecule has 1 aliphatic rings. The molecule has 1 atom stereocenters. The lowest BCUT2D eigenvalue weighted by Crippen LogP contribution is -2.24. The van der Waals surface area contributed by atoms with E-state index >= 15 is 0 Å². The van der Waals surface area contributed by atoms with Crippen LogP contribution in [-0.2, 0) is 4.79 Å². The summed E-state index contributed by atoms with van der Waals surface area (Å²) in [6, 6.07) is 0.0578. The van der Waals surface area contributed by atoms with Crippen LogP contribution < -0.4 is 5.69 Å². The molecule has 94 valence electrons. The predicted octanol–water partition coefficient (Wildman–Crippen LogP) is 1.76. The maximum Gasteiger partial charge on any atom is 0.344 e. The molecule has 0 aromatic carbocycles. The van der Waals surface area contributed by atoms with Gasteiger partial charge in [0.15, 0.2) is 5.16 Å². The van der Waals surface area contributed by atoms with E-state index in [0.29, 0.717) is 11.6 Å². The molecule has 0 amide bonds. The van der Waals surface area contributed by atoms with E-state index in [4.69, 9.17) is 0 Å². The zero-order valence-corrected chi connectivity index (χ0v) is 10.9. The number of ketones is 1. The van der Waals surface area contributed by atoms with Crippen LogP contribution in [0.1, 0.15) is 45.6 Å². The second kappa shape index (κ2) is 5.08. The lowest BCUT2D eigenvalue weighted by atomic mass is 9.99. The summed E-state index contributed by atoms with van der Waals surface area (Å²) < 4.78 is 1.60. The maximum absolute atomic E-state index is 11.7. The molecule has 0 bridgehead atoms. The van der Waals surface area contributed by atoms with Gasteiger partial charge in [-0.15, -0.1) is 5.10 Å². The number of nitrogens with one attached hydrogen (secondary N) is 1. The number of aromatic amines is 1.